The summed E-state index contributed by atoms with van der Waals surface area (Å²) in [6, 6.07) is 8.46. The molecule has 3 fully saturated rings. The maximum atomic E-state index is 16.6. The monoisotopic (exact) mass is 907 g/mol. The van der Waals surface area contributed by atoms with Crippen LogP contribution in [0.1, 0.15) is 112 Å². The van der Waals surface area contributed by atoms with Crippen molar-refractivity contribution >= 4 is 40.3 Å². The minimum atomic E-state index is -0.737. The van der Waals surface area contributed by atoms with Crippen LogP contribution in [-0.2, 0) is 20.9 Å². The first kappa shape index (κ1) is 46.7. The second-order valence-electron chi connectivity index (χ2n) is 18.6. The number of nitrogens with one attached hydrogen (secondary N) is 1. The number of carbonyl (C=O) groups is 4. The Kier molecular flexibility index (Phi) is 14.4. The molecule has 350 valence electrons. The van der Waals surface area contributed by atoms with Crippen LogP contribution in [0, 0.1) is 30.3 Å². The lowest BCUT2D eigenvalue weighted by Crippen LogP contribution is -2.52. The van der Waals surface area contributed by atoms with Gasteiger partial charge in [-0.3, -0.25) is 24.5 Å². The number of aryl methyl sites for hydroxylation is 1. The number of amides is 4. The van der Waals surface area contributed by atoms with Crippen molar-refractivity contribution in [1.29, 1.82) is 0 Å². The number of rotatable bonds is 15. The number of anilines is 1. The van der Waals surface area contributed by atoms with E-state index in [4.69, 9.17) is 4.74 Å². The summed E-state index contributed by atoms with van der Waals surface area (Å²) in [7, 11) is 0. The van der Waals surface area contributed by atoms with Gasteiger partial charge in [0, 0.05) is 61.2 Å². The van der Waals surface area contributed by atoms with Crippen molar-refractivity contribution < 1.29 is 37.1 Å². The fraction of sp³-hybridized carbons (Fsp3) is 0.490. The van der Waals surface area contributed by atoms with Gasteiger partial charge in [-0.25, -0.2) is 23.1 Å². The van der Waals surface area contributed by atoms with Crippen molar-refractivity contribution in [2.75, 3.05) is 57.3 Å². The molecule has 4 aliphatic rings. The van der Waals surface area contributed by atoms with Crippen LogP contribution in [0.4, 0.5) is 19.0 Å². The van der Waals surface area contributed by atoms with Gasteiger partial charge < -0.3 is 24.3 Å². The number of benzene rings is 3. The third-order valence-corrected chi connectivity index (χ3v) is 13.6. The van der Waals surface area contributed by atoms with Crippen LogP contribution in [0.15, 0.2) is 54.4 Å². The number of allylic oxidation sites excluding steroid dienone is 1. The molecule has 4 aliphatic heterocycles. The molecule has 0 radical (unpaired) electrons. The van der Waals surface area contributed by atoms with Crippen molar-refractivity contribution in [3.05, 3.63) is 94.1 Å². The lowest BCUT2D eigenvalue weighted by Gasteiger charge is -2.36. The van der Waals surface area contributed by atoms with Gasteiger partial charge in [-0.1, -0.05) is 45.3 Å². The number of halogens is 3. The second-order valence-corrected chi connectivity index (χ2v) is 18.6. The van der Waals surface area contributed by atoms with Gasteiger partial charge in [0.25, 0.3) is 5.91 Å². The van der Waals surface area contributed by atoms with Crippen molar-refractivity contribution in [2.45, 2.75) is 104 Å². The molecule has 0 spiro atoms. The Labute approximate surface area is 384 Å². The molecule has 3 saturated heterocycles. The Balaban J connectivity index is 0.802. The lowest BCUT2D eigenvalue weighted by molar-refractivity contribution is -0.137. The smallest absolute Gasteiger partial charge is 0.255 e. The SMILES string of the molecule is C/C(=C\C(C)C)C(=O)N1CCN(c2ncnc3c(F)c(-c4c(F)cccc4OCCCCCCCN4CCC(c5cc(F)cc6c5CN(C5CCC(=O)NC5=O)C6=O)CC4)c(C)cc23)CC1. The Morgan fingerprint density at radius 3 is 2.39 bits per heavy atom. The summed E-state index contributed by atoms with van der Waals surface area (Å²) in [5.74, 6) is -1.59. The normalized spacial score (nSPS) is 18.7. The molecule has 0 saturated carbocycles. The number of hydrogen-bond acceptors (Lipinski definition) is 9. The lowest BCUT2D eigenvalue weighted by atomic mass is 9.85. The van der Waals surface area contributed by atoms with Gasteiger partial charge in [0.15, 0.2) is 5.82 Å². The molecule has 5 heterocycles. The molecule has 4 aromatic rings. The average molecular weight is 908 g/mol. The van der Waals surface area contributed by atoms with E-state index in [9.17, 15) is 23.6 Å². The minimum Gasteiger partial charge on any atom is -0.493 e. The second kappa shape index (κ2) is 20.4. The van der Waals surface area contributed by atoms with Crippen LogP contribution < -0.4 is 15.0 Å². The number of aromatic nitrogens is 2. The van der Waals surface area contributed by atoms with Gasteiger partial charge in [-0.2, -0.15) is 0 Å². The van der Waals surface area contributed by atoms with E-state index in [0.717, 1.165) is 81.3 Å². The van der Waals surface area contributed by atoms with E-state index in [0.29, 0.717) is 55.1 Å². The zero-order chi connectivity index (χ0) is 46.6. The van der Waals surface area contributed by atoms with E-state index in [1.54, 1.807) is 25.1 Å². The summed E-state index contributed by atoms with van der Waals surface area (Å²) in [6.45, 7) is 13.1. The van der Waals surface area contributed by atoms with E-state index in [1.165, 1.54) is 23.4 Å². The fourth-order valence-corrected chi connectivity index (χ4v) is 10.3. The molecule has 1 N–H and O–H groups in total. The van der Waals surface area contributed by atoms with Gasteiger partial charge >= 0.3 is 0 Å². The summed E-state index contributed by atoms with van der Waals surface area (Å²) in [6.07, 6.45) is 10.2. The van der Waals surface area contributed by atoms with Crippen molar-refractivity contribution in [3.63, 3.8) is 0 Å². The number of hydrogen-bond donors (Lipinski definition) is 1. The van der Waals surface area contributed by atoms with Crippen molar-refractivity contribution in [1.82, 2.24) is 30.0 Å². The van der Waals surface area contributed by atoms with E-state index in [-0.39, 0.29) is 71.3 Å². The zero-order valence-electron chi connectivity index (χ0n) is 38.4. The van der Waals surface area contributed by atoms with Gasteiger partial charge in [0.2, 0.25) is 17.7 Å². The summed E-state index contributed by atoms with van der Waals surface area (Å²) in [5.41, 5.74) is 3.50. The quantitative estimate of drug-likeness (QED) is 0.0713. The van der Waals surface area contributed by atoms with Gasteiger partial charge in [-0.15, -0.1) is 0 Å². The fourth-order valence-electron chi connectivity index (χ4n) is 10.3. The topological polar surface area (TPSA) is 128 Å². The minimum absolute atomic E-state index is 0.0192. The Bertz CT molecular complexity index is 2530. The van der Waals surface area contributed by atoms with Crippen LogP contribution in [0.25, 0.3) is 22.0 Å². The molecule has 0 aliphatic carbocycles. The van der Waals surface area contributed by atoms with Crippen LogP contribution in [-0.4, -0.2) is 107 Å². The third-order valence-electron chi connectivity index (χ3n) is 13.6. The summed E-state index contributed by atoms with van der Waals surface area (Å²) >= 11 is 0. The molecular weight excluding hydrogens is 848 g/mol. The first-order chi connectivity index (χ1) is 31.8. The summed E-state index contributed by atoms with van der Waals surface area (Å²) in [4.78, 5) is 67.2. The first-order valence-corrected chi connectivity index (χ1v) is 23.6. The van der Waals surface area contributed by atoms with E-state index >= 15 is 8.78 Å². The van der Waals surface area contributed by atoms with Gasteiger partial charge in [0.05, 0.1) is 12.2 Å². The number of piperazine rings is 1. The van der Waals surface area contributed by atoms with E-state index in [1.807, 2.05) is 42.7 Å². The van der Waals surface area contributed by atoms with Crippen LogP contribution >= 0.6 is 0 Å². The highest BCUT2D eigenvalue weighted by atomic mass is 19.1. The zero-order valence-corrected chi connectivity index (χ0v) is 38.4. The number of imide groups is 1. The Morgan fingerprint density at radius 1 is 0.909 bits per heavy atom. The number of fused-ring (bicyclic) bond motifs is 2. The molecule has 1 atom stereocenters. The maximum Gasteiger partial charge on any atom is 0.255 e. The Morgan fingerprint density at radius 2 is 1.65 bits per heavy atom. The molecular formula is C51H60F3N7O5. The predicted octanol–water partition coefficient (Wildman–Crippen LogP) is 8.24. The molecule has 1 aromatic heterocycles. The van der Waals surface area contributed by atoms with E-state index < -0.39 is 29.4 Å². The highest BCUT2D eigenvalue weighted by Gasteiger charge is 2.41. The number of unbranched alkanes of at least 4 members (excludes halogenated alkanes) is 4. The molecule has 66 heavy (non-hydrogen) atoms. The highest BCUT2D eigenvalue weighted by molar-refractivity contribution is 6.05. The summed E-state index contributed by atoms with van der Waals surface area (Å²) < 4.78 is 53.3. The van der Waals surface area contributed by atoms with Crippen molar-refractivity contribution in [2.24, 2.45) is 5.92 Å². The number of likely N-dealkylation sites (tertiary alicyclic amines) is 1. The maximum absolute atomic E-state index is 16.6. The van der Waals surface area contributed by atoms with Crippen molar-refractivity contribution in [3.8, 4) is 16.9 Å². The average Bonchev–Trinajstić information content (AvgIpc) is 3.62. The van der Waals surface area contributed by atoms with Crippen LogP contribution in [0.5, 0.6) is 5.75 Å². The van der Waals surface area contributed by atoms with Gasteiger partial charge in [0.1, 0.15) is 41.1 Å². The number of ether oxygens (including phenoxy) is 1. The number of nitrogens with zero attached hydrogens (tertiary/aromatic N) is 6. The largest absolute Gasteiger partial charge is 0.493 e. The molecule has 1 unspecified atom stereocenters. The molecule has 15 heteroatoms. The first-order valence-electron chi connectivity index (χ1n) is 23.6. The molecule has 12 nitrogen and oxygen atoms in total. The third kappa shape index (κ3) is 9.96. The van der Waals surface area contributed by atoms with Gasteiger partial charge in [-0.05, 0) is 124 Å². The van der Waals surface area contributed by atoms with E-state index in [2.05, 4.69) is 20.2 Å². The molecule has 0 bridgehead atoms. The molecule has 3 aromatic carbocycles. The highest BCUT2D eigenvalue weighted by Crippen LogP contribution is 2.41. The summed E-state index contributed by atoms with van der Waals surface area (Å²) in [5, 5.41) is 2.86. The van der Waals surface area contributed by atoms with Crippen LogP contribution in [0.3, 0.4) is 0 Å². The Hall–Kier alpha value is -5.83. The molecule has 4 amide bonds. The predicted molar refractivity (Wildman–Crippen MR) is 246 cm³/mol. The standard InChI is InChI=1S/C51H60F3N7O5/c1-31(2)25-33(4)50(64)60-22-20-59(21-23-60)48-38-26-32(3)44(46(54)47(38)55-30-56-48)45-40(53)11-10-12-42(45)66-24-9-7-5-6-8-17-58-18-15-34(16-19-58)36-27-35(52)28-37-39(36)29-61(51(37)65)41-13-14-43(62)57-49(41)63/h10-12,25-28,30-31,34,41H,5-9,13-24,29H2,1-4H3,(H,57,62,63)/b33-25+. The van der Waals surface area contributed by atoms with Crippen LogP contribution in [0.2, 0.25) is 0 Å². The number of piperidine rings is 2. The molecule has 8 rings (SSSR count). The number of carbonyl (C=O) groups excluding carboxylic acids is 4.